The maximum Gasteiger partial charge on any atom is 0.240 e. The lowest BCUT2D eigenvalue weighted by molar-refractivity contribution is -0.122. The van der Waals surface area contributed by atoms with Crippen LogP contribution in [0.25, 0.3) is 0 Å². The summed E-state index contributed by atoms with van der Waals surface area (Å²) >= 11 is 4.55. The summed E-state index contributed by atoms with van der Waals surface area (Å²) in [5.41, 5.74) is 1.50. The highest BCUT2D eigenvalue weighted by atomic mass is 79.9. The van der Waals surface area contributed by atoms with Gasteiger partial charge in [0.25, 0.3) is 0 Å². The third-order valence-corrected chi connectivity index (χ3v) is 5.33. The van der Waals surface area contributed by atoms with Gasteiger partial charge in [-0.15, -0.1) is 5.10 Å². The number of nitrogens with zero attached hydrogens (tertiary/aromatic N) is 2. The Balaban J connectivity index is 1.54. The standard InChI is InChI=1S/C19H17BrN4O3S/c1-27-15-4-2-3-14(9-15)22-17(25)10-16-18(26)23-19(28-16)24-21-11-12-5-7-13(20)8-6-12/h2-9,11,16H,10H2,1H3,(H,22,25)(H,23,24,26). The summed E-state index contributed by atoms with van der Waals surface area (Å²) in [7, 11) is 1.56. The molecule has 2 aromatic rings. The van der Waals surface area contributed by atoms with Gasteiger partial charge >= 0.3 is 0 Å². The van der Waals surface area contributed by atoms with Crippen molar-refractivity contribution in [1.29, 1.82) is 0 Å². The number of carbonyl (C=O) groups excluding carboxylic acids is 2. The molecule has 0 bridgehead atoms. The molecule has 0 spiro atoms. The van der Waals surface area contributed by atoms with Gasteiger partial charge in [0.2, 0.25) is 11.8 Å². The summed E-state index contributed by atoms with van der Waals surface area (Å²) in [6.07, 6.45) is 1.62. The first-order valence-corrected chi connectivity index (χ1v) is 9.99. The fourth-order valence-corrected chi connectivity index (χ4v) is 3.55. The number of rotatable bonds is 6. The highest BCUT2D eigenvalue weighted by molar-refractivity contribution is 9.10. The Bertz CT molecular complexity index is 931. The molecule has 2 N–H and O–H groups in total. The molecule has 0 aliphatic carbocycles. The third-order valence-electron chi connectivity index (χ3n) is 3.73. The molecule has 0 aromatic heterocycles. The molecule has 1 aliphatic heterocycles. The van der Waals surface area contributed by atoms with Crippen LogP contribution in [0.5, 0.6) is 5.75 Å². The second kappa shape index (κ2) is 9.52. The zero-order valence-corrected chi connectivity index (χ0v) is 17.3. The molecular weight excluding hydrogens is 444 g/mol. The molecule has 1 fully saturated rings. The fourth-order valence-electron chi connectivity index (χ4n) is 2.36. The number of carbonyl (C=O) groups is 2. The first-order valence-electron chi connectivity index (χ1n) is 8.31. The largest absolute Gasteiger partial charge is 0.497 e. The van der Waals surface area contributed by atoms with Gasteiger partial charge in [-0.05, 0) is 29.8 Å². The van der Waals surface area contributed by atoms with E-state index in [1.807, 2.05) is 24.3 Å². The van der Waals surface area contributed by atoms with E-state index in [0.717, 1.165) is 10.0 Å². The van der Waals surface area contributed by atoms with Crippen LogP contribution in [0.2, 0.25) is 0 Å². The van der Waals surface area contributed by atoms with Crippen molar-refractivity contribution in [1.82, 2.24) is 5.32 Å². The van der Waals surface area contributed by atoms with Crippen LogP contribution >= 0.6 is 27.7 Å². The molecule has 1 unspecified atom stereocenters. The number of hydrogen-bond donors (Lipinski definition) is 2. The molecule has 0 radical (unpaired) electrons. The van der Waals surface area contributed by atoms with Crippen LogP contribution in [-0.4, -0.2) is 35.6 Å². The highest BCUT2D eigenvalue weighted by Gasteiger charge is 2.32. The van der Waals surface area contributed by atoms with Crippen LogP contribution in [0.15, 0.2) is 63.2 Å². The Morgan fingerprint density at radius 2 is 2.11 bits per heavy atom. The Labute approximate surface area is 174 Å². The van der Waals surface area contributed by atoms with Gasteiger partial charge in [-0.2, -0.15) is 5.10 Å². The molecule has 28 heavy (non-hydrogen) atoms. The topological polar surface area (TPSA) is 92.2 Å². The maximum absolute atomic E-state index is 12.2. The van der Waals surface area contributed by atoms with E-state index in [0.29, 0.717) is 16.6 Å². The summed E-state index contributed by atoms with van der Waals surface area (Å²) in [6.45, 7) is 0. The lowest BCUT2D eigenvalue weighted by Crippen LogP contribution is -2.28. The number of benzene rings is 2. The highest BCUT2D eigenvalue weighted by Crippen LogP contribution is 2.24. The number of nitrogens with one attached hydrogen (secondary N) is 2. The lowest BCUT2D eigenvalue weighted by atomic mass is 10.2. The normalized spacial score (nSPS) is 17.7. The van der Waals surface area contributed by atoms with E-state index < -0.39 is 5.25 Å². The van der Waals surface area contributed by atoms with Gasteiger partial charge in [0.1, 0.15) is 11.0 Å². The van der Waals surface area contributed by atoms with Crippen molar-refractivity contribution in [2.24, 2.45) is 10.2 Å². The minimum absolute atomic E-state index is 0.0309. The molecule has 1 saturated heterocycles. The Hall–Kier alpha value is -2.65. The van der Waals surface area contributed by atoms with Crippen molar-refractivity contribution in [3.05, 3.63) is 58.6 Å². The molecule has 2 aromatic carbocycles. The van der Waals surface area contributed by atoms with Crippen molar-refractivity contribution in [3.63, 3.8) is 0 Å². The van der Waals surface area contributed by atoms with Gasteiger partial charge in [0.15, 0.2) is 5.17 Å². The van der Waals surface area contributed by atoms with Crippen LogP contribution in [-0.2, 0) is 9.59 Å². The lowest BCUT2D eigenvalue weighted by Gasteiger charge is -2.08. The number of amidine groups is 1. The van der Waals surface area contributed by atoms with E-state index in [4.69, 9.17) is 4.74 Å². The summed E-state index contributed by atoms with van der Waals surface area (Å²) in [5, 5.41) is 13.2. The molecule has 9 heteroatoms. The summed E-state index contributed by atoms with van der Waals surface area (Å²) < 4.78 is 6.10. The monoisotopic (exact) mass is 460 g/mol. The van der Waals surface area contributed by atoms with Gasteiger partial charge in [0.05, 0.1) is 13.3 Å². The molecule has 1 heterocycles. The average molecular weight is 461 g/mol. The van der Waals surface area contributed by atoms with Crippen LogP contribution in [0.4, 0.5) is 5.69 Å². The number of ether oxygens (including phenoxy) is 1. The Kier molecular flexibility index (Phi) is 6.83. The minimum Gasteiger partial charge on any atom is -0.497 e. The van der Waals surface area contributed by atoms with E-state index >= 15 is 0 Å². The van der Waals surface area contributed by atoms with Gasteiger partial charge < -0.3 is 15.4 Å². The molecule has 144 valence electrons. The van der Waals surface area contributed by atoms with E-state index in [9.17, 15) is 9.59 Å². The van der Waals surface area contributed by atoms with Gasteiger partial charge in [-0.3, -0.25) is 9.59 Å². The number of methoxy groups -OCH3 is 1. The van der Waals surface area contributed by atoms with Gasteiger partial charge in [0, 0.05) is 22.6 Å². The summed E-state index contributed by atoms with van der Waals surface area (Å²) in [6, 6.07) is 14.6. The predicted molar refractivity (Wildman–Crippen MR) is 115 cm³/mol. The predicted octanol–water partition coefficient (Wildman–Crippen LogP) is 3.41. The van der Waals surface area contributed by atoms with Crippen LogP contribution in [0.3, 0.4) is 0 Å². The third kappa shape index (κ3) is 5.67. The molecule has 1 atom stereocenters. The Morgan fingerprint density at radius 3 is 2.86 bits per heavy atom. The number of halogens is 1. The SMILES string of the molecule is COc1cccc(NC(=O)CC2SC(=NN=Cc3ccc(Br)cc3)NC2=O)c1. The van der Waals surface area contributed by atoms with Gasteiger partial charge in [-0.1, -0.05) is 45.9 Å². The zero-order valence-electron chi connectivity index (χ0n) is 14.9. The maximum atomic E-state index is 12.2. The number of thioether (sulfide) groups is 1. The number of hydrogen-bond acceptors (Lipinski definition) is 6. The minimum atomic E-state index is -0.549. The van der Waals surface area contributed by atoms with E-state index in [1.165, 1.54) is 11.8 Å². The molecule has 3 rings (SSSR count). The molecule has 1 aliphatic rings. The van der Waals surface area contributed by atoms with E-state index in [1.54, 1.807) is 37.6 Å². The molecule has 2 amide bonds. The van der Waals surface area contributed by atoms with Crippen molar-refractivity contribution in [3.8, 4) is 5.75 Å². The zero-order chi connectivity index (χ0) is 19.9. The second-order valence-corrected chi connectivity index (χ2v) is 7.89. The molecule has 7 nitrogen and oxygen atoms in total. The van der Waals surface area contributed by atoms with E-state index in [-0.39, 0.29) is 18.2 Å². The second-order valence-electron chi connectivity index (χ2n) is 5.78. The van der Waals surface area contributed by atoms with E-state index in [2.05, 4.69) is 36.8 Å². The molecular formula is C19H17BrN4O3S. The summed E-state index contributed by atoms with van der Waals surface area (Å²) in [4.78, 5) is 24.3. The number of anilines is 1. The van der Waals surface area contributed by atoms with Crippen molar-refractivity contribution >= 4 is 56.6 Å². The fraction of sp³-hybridized carbons (Fsp3) is 0.158. The van der Waals surface area contributed by atoms with Crippen LogP contribution < -0.4 is 15.4 Å². The van der Waals surface area contributed by atoms with Gasteiger partial charge in [-0.25, -0.2) is 0 Å². The van der Waals surface area contributed by atoms with Crippen molar-refractivity contribution in [2.75, 3.05) is 12.4 Å². The smallest absolute Gasteiger partial charge is 0.240 e. The summed E-state index contributed by atoms with van der Waals surface area (Å²) in [5.74, 6) is 0.118. The van der Waals surface area contributed by atoms with Crippen LogP contribution in [0.1, 0.15) is 12.0 Å². The average Bonchev–Trinajstić information content (AvgIpc) is 3.02. The van der Waals surface area contributed by atoms with Crippen molar-refractivity contribution in [2.45, 2.75) is 11.7 Å². The molecule has 0 saturated carbocycles. The quantitative estimate of drug-likeness (QED) is 0.510. The first-order chi connectivity index (χ1) is 13.5. The first kappa shape index (κ1) is 20.1. The number of amides is 2. The Morgan fingerprint density at radius 1 is 1.32 bits per heavy atom. The van der Waals surface area contributed by atoms with Crippen LogP contribution in [0, 0.1) is 0 Å². The van der Waals surface area contributed by atoms with Crippen molar-refractivity contribution < 1.29 is 14.3 Å².